The lowest BCUT2D eigenvalue weighted by atomic mass is 10.1. The quantitative estimate of drug-likeness (QED) is 0.868. The van der Waals surface area contributed by atoms with Crippen LogP contribution in [0.5, 0.6) is 5.75 Å². The molecule has 1 fully saturated rings. The Morgan fingerprint density at radius 1 is 1.44 bits per heavy atom. The highest BCUT2D eigenvalue weighted by molar-refractivity contribution is 5.86. The van der Waals surface area contributed by atoms with Crippen LogP contribution >= 0.6 is 0 Å². The minimum Gasteiger partial charge on any atom is -0.497 e. The molecule has 1 aromatic rings. The third-order valence-corrected chi connectivity index (χ3v) is 3.10. The lowest BCUT2D eigenvalue weighted by Crippen LogP contribution is -2.25. The van der Waals surface area contributed by atoms with Gasteiger partial charge in [0.2, 0.25) is 5.91 Å². The lowest BCUT2D eigenvalue weighted by molar-refractivity contribution is -0.141. The molecule has 0 radical (unpaired) electrons. The summed E-state index contributed by atoms with van der Waals surface area (Å²) in [6.07, 6.45) is 0.103. The van der Waals surface area contributed by atoms with Gasteiger partial charge in [0.25, 0.3) is 0 Å². The van der Waals surface area contributed by atoms with Gasteiger partial charge in [-0.2, -0.15) is 0 Å². The van der Waals surface area contributed by atoms with Crippen LogP contribution in [0.4, 0.5) is 0 Å². The minimum atomic E-state index is -0.902. The average Bonchev–Trinajstić information content (AvgIpc) is 2.72. The summed E-state index contributed by atoms with van der Waals surface area (Å²) >= 11 is 0. The Hall–Kier alpha value is -2.04. The zero-order chi connectivity index (χ0) is 13.1. The van der Waals surface area contributed by atoms with Crippen LogP contribution in [0.2, 0.25) is 0 Å². The summed E-state index contributed by atoms with van der Waals surface area (Å²) in [6, 6.07) is 7.40. The van der Waals surface area contributed by atoms with Crippen LogP contribution in [0.3, 0.4) is 0 Å². The van der Waals surface area contributed by atoms with E-state index in [2.05, 4.69) is 0 Å². The van der Waals surface area contributed by atoms with Crippen LogP contribution in [-0.2, 0) is 16.1 Å². The molecule has 2 rings (SSSR count). The second-order valence-corrected chi connectivity index (χ2v) is 4.36. The highest BCUT2D eigenvalue weighted by atomic mass is 16.5. The molecule has 5 heteroatoms. The number of carbonyl (C=O) groups is 2. The van der Waals surface area contributed by atoms with Gasteiger partial charge in [-0.3, -0.25) is 9.59 Å². The van der Waals surface area contributed by atoms with Gasteiger partial charge in [-0.05, 0) is 17.7 Å². The van der Waals surface area contributed by atoms with Gasteiger partial charge in [-0.25, -0.2) is 0 Å². The van der Waals surface area contributed by atoms with Gasteiger partial charge in [0, 0.05) is 19.5 Å². The van der Waals surface area contributed by atoms with Crippen molar-refractivity contribution < 1.29 is 19.4 Å². The van der Waals surface area contributed by atoms with E-state index in [0.29, 0.717) is 13.1 Å². The summed E-state index contributed by atoms with van der Waals surface area (Å²) in [4.78, 5) is 24.1. The third-order valence-electron chi connectivity index (χ3n) is 3.10. The first-order valence-corrected chi connectivity index (χ1v) is 5.73. The Labute approximate surface area is 105 Å². The van der Waals surface area contributed by atoms with Crippen molar-refractivity contribution >= 4 is 11.9 Å². The van der Waals surface area contributed by atoms with E-state index in [4.69, 9.17) is 9.84 Å². The highest BCUT2D eigenvalue weighted by Crippen LogP contribution is 2.21. The summed E-state index contributed by atoms with van der Waals surface area (Å²) in [6.45, 7) is 0.743. The average molecular weight is 249 g/mol. The molecular formula is C13H15NO4. The SMILES string of the molecule is COc1ccc(CN2CC(C(=O)O)CC2=O)cc1. The van der Waals surface area contributed by atoms with E-state index in [-0.39, 0.29) is 12.3 Å². The molecule has 1 unspecified atom stereocenters. The molecule has 0 spiro atoms. The largest absolute Gasteiger partial charge is 0.497 e. The maximum atomic E-state index is 11.7. The monoisotopic (exact) mass is 249 g/mol. The van der Waals surface area contributed by atoms with Gasteiger partial charge in [-0.1, -0.05) is 12.1 Å². The summed E-state index contributed by atoms with van der Waals surface area (Å²) in [5.74, 6) is -0.815. The lowest BCUT2D eigenvalue weighted by Gasteiger charge is -2.16. The number of amides is 1. The first-order valence-electron chi connectivity index (χ1n) is 5.73. The molecule has 5 nitrogen and oxygen atoms in total. The highest BCUT2D eigenvalue weighted by Gasteiger charge is 2.33. The Morgan fingerprint density at radius 3 is 2.61 bits per heavy atom. The van der Waals surface area contributed by atoms with Crippen LogP contribution < -0.4 is 4.74 Å². The number of likely N-dealkylation sites (tertiary alicyclic amines) is 1. The second-order valence-electron chi connectivity index (χ2n) is 4.36. The summed E-state index contributed by atoms with van der Waals surface area (Å²) < 4.78 is 5.05. The Kier molecular flexibility index (Phi) is 3.50. The van der Waals surface area contributed by atoms with E-state index in [9.17, 15) is 9.59 Å². The van der Waals surface area contributed by atoms with E-state index in [1.54, 1.807) is 12.0 Å². The van der Waals surface area contributed by atoms with Crippen molar-refractivity contribution in [2.24, 2.45) is 5.92 Å². The maximum absolute atomic E-state index is 11.7. The van der Waals surface area contributed by atoms with Crippen LogP contribution in [0.15, 0.2) is 24.3 Å². The number of carbonyl (C=O) groups excluding carboxylic acids is 1. The number of benzene rings is 1. The number of carboxylic acid groups (broad SMARTS) is 1. The van der Waals surface area contributed by atoms with Crippen molar-refractivity contribution in [3.63, 3.8) is 0 Å². The fraction of sp³-hybridized carbons (Fsp3) is 0.385. The first-order chi connectivity index (χ1) is 8.60. The Bertz CT molecular complexity index is 455. The molecule has 1 aliphatic heterocycles. The molecule has 0 saturated carbocycles. The zero-order valence-electron chi connectivity index (χ0n) is 10.1. The van der Waals surface area contributed by atoms with Gasteiger partial charge in [0.15, 0.2) is 0 Å². The number of nitrogens with zero attached hydrogens (tertiary/aromatic N) is 1. The molecule has 1 aromatic carbocycles. The molecule has 1 aliphatic rings. The smallest absolute Gasteiger partial charge is 0.308 e. The molecule has 0 aromatic heterocycles. The molecule has 0 bridgehead atoms. The standard InChI is InChI=1S/C13H15NO4/c1-18-11-4-2-9(3-5-11)7-14-8-10(13(16)17)6-12(14)15/h2-5,10H,6-8H2,1H3,(H,16,17). The van der Waals surface area contributed by atoms with Crippen molar-refractivity contribution in [2.75, 3.05) is 13.7 Å². The number of hydrogen-bond acceptors (Lipinski definition) is 3. The summed E-state index contributed by atoms with van der Waals surface area (Å²) in [5, 5.41) is 8.89. The van der Waals surface area contributed by atoms with Gasteiger partial charge < -0.3 is 14.7 Å². The third kappa shape index (κ3) is 2.61. The molecule has 1 amide bonds. The predicted molar refractivity (Wildman–Crippen MR) is 64.2 cm³/mol. The van der Waals surface area contributed by atoms with E-state index in [1.807, 2.05) is 24.3 Å². The number of hydrogen-bond donors (Lipinski definition) is 1. The predicted octanol–water partition coefficient (Wildman–Crippen LogP) is 1.13. The second kappa shape index (κ2) is 5.08. The van der Waals surface area contributed by atoms with Gasteiger partial charge >= 0.3 is 5.97 Å². The molecule has 1 heterocycles. The van der Waals surface area contributed by atoms with Crippen molar-refractivity contribution in [2.45, 2.75) is 13.0 Å². The normalized spacial score (nSPS) is 19.1. The molecule has 96 valence electrons. The number of methoxy groups -OCH3 is 1. The summed E-state index contributed by atoms with van der Waals surface area (Å²) in [5.41, 5.74) is 0.968. The number of rotatable bonds is 4. The molecule has 1 atom stereocenters. The van der Waals surface area contributed by atoms with Crippen LogP contribution in [0.1, 0.15) is 12.0 Å². The molecule has 1 N–H and O–H groups in total. The number of carboxylic acids is 1. The number of aliphatic carboxylic acids is 1. The van der Waals surface area contributed by atoms with E-state index < -0.39 is 11.9 Å². The van der Waals surface area contributed by atoms with E-state index >= 15 is 0 Å². The molecule has 18 heavy (non-hydrogen) atoms. The summed E-state index contributed by atoms with van der Waals surface area (Å²) in [7, 11) is 1.59. The van der Waals surface area contributed by atoms with Crippen LogP contribution in [-0.4, -0.2) is 35.5 Å². The Morgan fingerprint density at radius 2 is 2.11 bits per heavy atom. The fourth-order valence-electron chi connectivity index (χ4n) is 2.04. The minimum absolute atomic E-state index is 0.0989. The van der Waals surface area contributed by atoms with Crippen molar-refractivity contribution in [1.29, 1.82) is 0 Å². The van der Waals surface area contributed by atoms with Crippen molar-refractivity contribution in [1.82, 2.24) is 4.90 Å². The fourth-order valence-corrected chi connectivity index (χ4v) is 2.04. The number of ether oxygens (including phenoxy) is 1. The molecular weight excluding hydrogens is 234 g/mol. The van der Waals surface area contributed by atoms with Crippen molar-refractivity contribution in [3.05, 3.63) is 29.8 Å². The maximum Gasteiger partial charge on any atom is 0.308 e. The molecule has 1 saturated heterocycles. The Balaban J connectivity index is 2.01. The van der Waals surface area contributed by atoms with Crippen LogP contribution in [0, 0.1) is 5.92 Å². The molecule has 0 aliphatic carbocycles. The van der Waals surface area contributed by atoms with Gasteiger partial charge in [0.05, 0.1) is 13.0 Å². The van der Waals surface area contributed by atoms with E-state index in [1.165, 1.54) is 0 Å². The van der Waals surface area contributed by atoms with Gasteiger partial charge in [0.1, 0.15) is 5.75 Å². The van der Waals surface area contributed by atoms with Gasteiger partial charge in [-0.15, -0.1) is 0 Å². The van der Waals surface area contributed by atoms with E-state index in [0.717, 1.165) is 11.3 Å². The first kappa shape index (κ1) is 12.4. The van der Waals surface area contributed by atoms with Crippen LogP contribution in [0.25, 0.3) is 0 Å². The van der Waals surface area contributed by atoms with Crippen molar-refractivity contribution in [3.8, 4) is 5.75 Å². The zero-order valence-corrected chi connectivity index (χ0v) is 10.1. The topological polar surface area (TPSA) is 66.8 Å².